The van der Waals surface area contributed by atoms with E-state index < -0.39 is 0 Å². The van der Waals surface area contributed by atoms with Gasteiger partial charge in [-0.25, -0.2) is 4.68 Å². The molecule has 0 saturated carbocycles. The average Bonchev–Trinajstić information content (AvgIpc) is 2.44. The molecule has 0 saturated heterocycles. The zero-order valence-electron chi connectivity index (χ0n) is 9.96. The number of halogens is 1. The second-order valence-corrected chi connectivity index (χ2v) is 7.82. The van der Waals surface area contributed by atoms with E-state index in [-0.39, 0.29) is 0 Å². The third kappa shape index (κ3) is 5.13. The summed E-state index contributed by atoms with van der Waals surface area (Å²) in [6, 6.07) is 1.10. The highest BCUT2D eigenvalue weighted by atomic mass is 79.9. The van der Waals surface area contributed by atoms with Crippen LogP contribution in [-0.2, 0) is 11.5 Å². The van der Waals surface area contributed by atoms with Crippen molar-refractivity contribution in [2.45, 2.75) is 38.6 Å². The molecular formula is C10H18BrN3OSi. The number of nitrogens with zero attached hydrogens (tertiary/aromatic N) is 2. The van der Waals surface area contributed by atoms with Crippen molar-refractivity contribution in [3.05, 3.63) is 10.7 Å². The van der Waals surface area contributed by atoms with Crippen molar-refractivity contribution in [1.29, 1.82) is 0 Å². The Morgan fingerprint density at radius 2 is 2.25 bits per heavy atom. The normalized spacial score (nSPS) is 12.0. The number of rotatable bonds is 5. The van der Waals surface area contributed by atoms with Crippen molar-refractivity contribution in [2.75, 3.05) is 12.3 Å². The highest BCUT2D eigenvalue weighted by Crippen LogP contribution is 2.21. The lowest BCUT2D eigenvalue weighted by Gasteiger charge is -2.16. The molecular weight excluding hydrogens is 286 g/mol. The summed E-state index contributed by atoms with van der Waals surface area (Å²) in [4.78, 5) is 0. The molecule has 2 radical (unpaired) electrons. The van der Waals surface area contributed by atoms with Crippen molar-refractivity contribution in [3.8, 4) is 0 Å². The van der Waals surface area contributed by atoms with E-state index in [1.54, 1.807) is 4.68 Å². The minimum Gasteiger partial charge on any atom is -0.381 e. The Morgan fingerprint density at radius 1 is 1.56 bits per heavy atom. The Hall–Kier alpha value is -0.333. The van der Waals surface area contributed by atoms with Gasteiger partial charge < -0.3 is 10.5 Å². The van der Waals surface area contributed by atoms with Crippen LogP contribution in [0.4, 0.5) is 5.82 Å². The molecule has 0 aliphatic rings. The molecule has 6 heteroatoms. The van der Waals surface area contributed by atoms with Gasteiger partial charge in [0.1, 0.15) is 6.73 Å². The number of hydrogen-bond acceptors (Lipinski definition) is 3. The fourth-order valence-electron chi connectivity index (χ4n) is 1.13. The number of aromatic nitrogens is 2. The summed E-state index contributed by atoms with van der Waals surface area (Å²) in [5, 5.41) is 4.49. The maximum atomic E-state index is 5.60. The van der Waals surface area contributed by atoms with Gasteiger partial charge in [-0.2, -0.15) is 5.10 Å². The van der Waals surface area contributed by atoms with Crippen LogP contribution in [0.5, 0.6) is 0 Å². The Labute approximate surface area is 107 Å². The van der Waals surface area contributed by atoms with Gasteiger partial charge in [-0.15, -0.1) is 0 Å². The third-order valence-electron chi connectivity index (χ3n) is 1.87. The molecule has 2 N–H and O–H groups in total. The van der Waals surface area contributed by atoms with Crippen molar-refractivity contribution >= 4 is 31.3 Å². The first kappa shape index (κ1) is 13.7. The number of anilines is 1. The van der Waals surface area contributed by atoms with E-state index in [1.165, 1.54) is 0 Å². The van der Waals surface area contributed by atoms with Crippen LogP contribution in [0.15, 0.2) is 10.7 Å². The van der Waals surface area contributed by atoms with Crippen LogP contribution in [0.3, 0.4) is 0 Å². The standard InChI is InChI=1S/C10H18BrN3OSi/c1-10(2,3)16-5-4-15-7-14-6-8(11)9(12)13-14/h6H,4-5,7H2,1-3H3,(H2,12,13). The summed E-state index contributed by atoms with van der Waals surface area (Å²) in [6.07, 6.45) is 1.82. The molecule has 90 valence electrons. The molecule has 16 heavy (non-hydrogen) atoms. The maximum Gasteiger partial charge on any atom is 0.159 e. The van der Waals surface area contributed by atoms with E-state index in [0.717, 1.165) is 26.6 Å². The molecule has 0 unspecified atom stereocenters. The molecule has 1 aromatic heterocycles. The molecule has 0 aliphatic heterocycles. The monoisotopic (exact) mass is 303 g/mol. The summed E-state index contributed by atoms with van der Waals surface area (Å²) >= 11 is 3.30. The molecule has 0 amide bonds. The van der Waals surface area contributed by atoms with Crippen LogP contribution < -0.4 is 5.73 Å². The summed E-state index contributed by atoms with van der Waals surface area (Å²) in [7, 11) is 0.923. The summed E-state index contributed by atoms with van der Waals surface area (Å²) in [6.45, 7) is 7.97. The highest BCUT2D eigenvalue weighted by Gasteiger charge is 2.10. The molecule has 0 aliphatic carbocycles. The van der Waals surface area contributed by atoms with Gasteiger partial charge in [0.15, 0.2) is 5.82 Å². The first-order chi connectivity index (χ1) is 7.38. The van der Waals surface area contributed by atoms with Crippen LogP contribution in [0, 0.1) is 0 Å². The maximum absolute atomic E-state index is 5.60. The van der Waals surface area contributed by atoms with E-state index in [0.29, 0.717) is 17.6 Å². The quantitative estimate of drug-likeness (QED) is 0.672. The van der Waals surface area contributed by atoms with Crippen LogP contribution in [-0.4, -0.2) is 25.9 Å². The number of nitrogens with two attached hydrogens (primary N) is 1. The van der Waals surface area contributed by atoms with E-state index in [1.807, 2.05) is 6.20 Å². The molecule has 0 spiro atoms. The van der Waals surface area contributed by atoms with Crippen molar-refractivity contribution in [3.63, 3.8) is 0 Å². The number of nitrogen functional groups attached to an aromatic ring is 1. The van der Waals surface area contributed by atoms with Gasteiger partial charge in [0.25, 0.3) is 0 Å². The Bertz CT molecular complexity index is 316. The molecule has 0 atom stereocenters. The third-order valence-corrected chi connectivity index (χ3v) is 3.99. The molecule has 1 aromatic rings. The van der Waals surface area contributed by atoms with E-state index in [4.69, 9.17) is 10.5 Å². The van der Waals surface area contributed by atoms with E-state index in [2.05, 4.69) is 41.8 Å². The van der Waals surface area contributed by atoms with Crippen molar-refractivity contribution < 1.29 is 4.74 Å². The van der Waals surface area contributed by atoms with Gasteiger partial charge in [-0.05, 0) is 27.0 Å². The van der Waals surface area contributed by atoms with Crippen LogP contribution in [0.2, 0.25) is 11.1 Å². The molecule has 0 aromatic carbocycles. The van der Waals surface area contributed by atoms with E-state index >= 15 is 0 Å². The second kappa shape index (κ2) is 5.84. The lowest BCUT2D eigenvalue weighted by Crippen LogP contribution is -2.11. The minimum absolute atomic E-state index is 0.405. The zero-order valence-corrected chi connectivity index (χ0v) is 12.5. The second-order valence-electron chi connectivity index (χ2n) is 4.62. The highest BCUT2D eigenvalue weighted by molar-refractivity contribution is 9.10. The van der Waals surface area contributed by atoms with Crippen LogP contribution in [0.25, 0.3) is 0 Å². The van der Waals surface area contributed by atoms with Crippen molar-refractivity contribution in [1.82, 2.24) is 9.78 Å². The van der Waals surface area contributed by atoms with Gasteiger partial charge in [-0.1, -0.05) is 20.8 Å². The van der Waals surface area contributed by atoms with Gasteiger partial charge in [0.05, 0.1) is 4.47 Å². The fourth-order valence-corrected chi connectivity index (χ4v) is 2.45. The first-order valence-corrected chi connectivity index (χ1v) is 7.20. The minimum atomic E-state index is 0.405. The molecule has 0 fully saturated rings. The number of ether oxygens (including phenoxy) is 1. The zero-order chi connectivity index (χ0) is 12.2. The van der Waals surface area contributed by atoms with E-state index in [9.17, 15) is 0 Å². The summed E-state index contributed by atoms with van der Waals surface area (Å²) in [5.41, 5.74) is 5.60. The summed E-state index contributed by atoms with van der Waals surface area (Å²) in [5.74, 6) is 0.500. The SMILES string of the molecule is CC(C)(C)[Si]CCOCn1cc(Br)c(N)n1. The van der Waals surface area contributed by atoms with Crippen LogP contribution >= 0.6 is 15.9 Å². The molecule has 1 rings (SSSR count). The fraction of sp³-hybridized carbons (Fsp3) is 0.700. The Kier molecular flexibility index (Phi) is 5.01. The predicted molar refractivity (Wildman–Crippen MR) is 70.6 cm³/mol. The largest absolute Gasteiger partial charge is 0.381 e. The summed E-state index contributed by atoms with van der Waals surface area (Å²) < 4.78 is 8.02. The number of hydrogen-bond donors (Lipinski definition) is 1. The topological polar surface area (TPSA) is 53.1 Å². The predicted octanol–water partition coefficient (Wildman–Crippen LogP) is 2.54. The lowest BCUT2D eigenvalue weighted by atomic mass is 10.3. The van der Waals surface area contributed by atoms with Gasteiger partial charge in [-0.3, -0.25) is 0 Å². The molecule has 0 bridgehead atoms. The van der Waals surface area contributed by atoms with Crippen molar-refractivity contribution in [2.24, 2.45) is 0 Å². The van der Waals surface area contributed by atoms with Gasteiger partial charge in [0.2, 0.25) is 0 Å². The first-order valence-electron chi connectivity index (χ1n) is 5.20. The van der Waals surface area contributed by atoms with Crippen LogP contribution in [0.1, 0.15) is 20.8 Å². The van der Waals surface area contributed by atoms with Gasteiger partial charge >= 0.3 is 0 Å². The smallest absolute Gasteiger partial charge is 0.159 e. The molecule has 4 nitrogen and oxygen atoms in total. The average molecular weight is 304 g/mol. The lowest BCUT2D eigenvalue weighted by molar-refractivity contribution is 0.0791. The Balaban J connectivity index is 2.16. The Morgan fingerprint density at radius 3 is 2.75 bits per heavy atom. The van der Waals surface area contributed by atoms with Gasteiger partial charge in [0, 0.05) is 22.3 Å². The molecule has 1 heterocycles.